The molecule has 3 heteroatoms. The van der Waals surface area contributed by atoms with Crippen molar-refractivity contribution in [1.82, 2.24) is 0 Å². The summed E-state index contributed by atoms with van der Waals surface area (Å²) < 4.78 is 0.854. The zero-order valence-corrected chi connectivity index (χ0v) is 8.80. The smallest absolute Gasteiger partial charge is 0.170 e. The fraction of sp³-hybridized carbons (Fsp3) is 0.200. The molecule has 2 nitrogen and oxygen atoms in total. The second kappa shape index (κ2) is 4.33. The zero-order chi connectivity index (χ0) is 9.84. The van der Waals surface area contributed by atoms with Crippen molar-refractivity contribution in [1.29, 1.82) is 0 Å². The molecule has 0 spiro atoms. The summed E-state index contributed by atoms with van der Waals surface area (Å²) in [5, 5.41) is 0. The van der Waals surface area contributed by atoms with Crippen molar-refractivity contribution in [2.75, 3.05) is 0 Å². The Labute approximate surface area is 85.1 Å². The Morgan fingerprint density at radius 1 is 1.54 bits per heavy atom. The Hall–Kier alpha value is -0.960. The fourth-order valence-electron chi connectivity index (χ4n) is 1.08. The van der Waals surface area contributed by atoms with Crippen LogP contribution in [0.5, 0.6) is 0 Å². The van der Waals surface area contributed by atoms with E-state index in [0.717, 1.165) is 10.0 Å². The van der Waals surface area contributed by atoms with Gasteiger partial charge in [0.15, 0.2) is 5.78 Å². The second-order valence-electron chi connectivity index (χ2n) is 2.75. The molecule has 0 aliphatic rings. The first-order valence-electron chi connectivity index (χ1n) is 3.88. The quantitative estimate of drug-likeness (QED) is 0.463. The first-order valence-corrected chi connectivity index (χ1v) is 4.67. The molecular weight excluding hydrogens is 232 g/mol. The number of hydrogen-bond donors (Lipinski definition) is 0. The maximum atomic E-state index is 11.4. The first kappa shape index (κ1) is 10.1. The molecule has 0 aliphatic heterocycles. The van der Waals surface area contributed by atoms with E-state index in [1.165, 1.54) is 0 Å². The van der Waals surface area contributed by atoms with Crippen LogP contribution >= 0.6 is 15.9 Å². The minimum absolute atomic E-state index is 0.0444. The van der Waals surface area contributed by atoms with Gasteiger partial charge in [-0.25, -0.2) is 0 Å². The minimum atomic E-state index is -0.131. The Morgan fingerprint density at radius 2 is 2.23 bits per heavy atom. The second-order valence-corrected chi connectivity index (χ2v) is 3.67. The predicted molar refractivity (Wildman–Crippen MR) is 53.9 cm³/mol. The summed E-state index contributed by atoms with van der Waals surface area (Å²) in [5.41, 5.74) is 1.51. The van der Waals surface area contributed by atoms with Gasteiger partial charge in [-0.3, -0.25) is 4.79 Å². The SMILES string of the molecule is Cc1ccc(Br)cc1C(=O)CC=O. The molecule has 13 heavy (non-hydrogen) atoms. The van der Waals surface area contributed by atoms with E-state index in [-0.39, 0.29) is 12.2 Å². The van der Waals surface area contributed by atoms with E-state index in [9.17, 15) is 9.59 Å². The number of carbonyl (C=O) groups excluding carboxylic acids is 2. The highest BCUT2D eigenvalue weighted by atomic mass is 79.9. The van der Waals surface area contributed by atoms with Crippen LogP contribution in [-0.4, -0.2) is 12.1 Å². The number of carbonyl (C=O) groups is 2. The van der Waals surface area contributed by atoms with Crippen LogP contribution in [0.4, 0.5) is 0 Å². The van der Waals surface area contributed by atoms with Crippen LogP contribution in [0.1, 0.15) is 22.3 Å². The molecule has 0 saturated heterocycles. The lowest BCUT2D eigenvalue weighted by Crippen LogP contribution is -2.01. The molecule has 0 amide bonds. The van der Waals surface area contributed by atoms with Crippen molar-refractivity contribution in [3.63, 3.8) is 0 Å². The van der Waals surface area contributed by atoms with Crippen LogP contribution < -0.4 is 0 Å². The van der Waals surface area contributed by atoms with E-state index < -0.39 is 0 Å². The molecule has 0 unspecified atom stereocenters. The molecule has 0 fully saturated rings. The third-order valence-corrected chi connectivity index (χ3v) is 2.26. The van der Waals surface area contributed by atoms with Crippen LogP contribution in [0, 0.1) is 6.92 Å². The van der Waals surface area contributed by atoms with Crippen molar-refractivity contribution < 1.29 is 9.59 Å². The number of halogens is 1. The summed E-state index contributed by atoms with van der Waals surface area (Å²) >= 11 is 3.28. The molecule has 0 aliphatic carbocycles. The molecule has 0 aromatic heterocycles. The van der Waals surface area contributed by atoms with Crippen molar-refractivity contribution in [3.05, 3.63) is 33.8 Å². The average Bonchev–Trinajstić information content (AvgIpc) is 2.09. The molecule has 0 saturated carbocycles. The Morgan fingerprint density at radius 3 is 2.85 bits per heavy atom. The molecule has 1 rings (SSSR count). The summed E-state index contributed by atoms with van der Waals surface area (Å²) in [4.78, 5) is 21.5. The van der Waals surface area contributed by atoms with Gasteiger partial charge in [-0.1, -0.05) is 22.0 Å². The molecule has 0 heterocycles. The maximum absolute atomic E-state index is 11.4. The van der Waals surface area contributed by atoms with E-state index in [1.54, 1.807) is 6.07 Å². The topological polar surface area (TPSA) is 34.1 Å². The predicted octanol–water partition coefficient (Wildman–Crippen LogP) is 2.53. The highest BCUT2D eigenvalue weighted by Crippen LogP contribution is 2.17. The van der Waals surface area contributed by atoms with Gasteiger partial charge in [0.05, 0.1) is 6.42 Å². The largest absolute Gasteiger partial charge is 0.303 e. The highest BCUT2D eigenvalue weighted by Gasteiger charge is 2.08. The number of aldehydes is 1. The molecule has 68 valence electrons. The van der Waals surface area contributed by atoms with Crippen LogP contribution in [0.2, 0.25) is 0 Å². The van der Waals surface area contributed by atoms with Gasteiger partial charge in [0.1, 0.15) is 6.29 Å². The van der Waals surface area contributed by atoms with Crippen LogP contribution in [0.3, 0.4) is 0 Å². The van der Waals surface area contributed by atoms with Crippen molar-refractivity contribution in [2.24, 2.45) is 0 Å². The summed E-state index contributed by atoms with van der Waals surface area (Å²) in [7, 11) is 0. The lowest BCUT2D eigenvalue weighted by Gasteiger charge is -2.02. The molecule has 0 radical (unpaired) electrons. The molecule has 0 bridgehead atoms. The van der Waals surface area contributed by atoms with E-state index in [2.05, 4.69) is 15.9 Å². The standard InChI is InChI=1S/C10H9BrO2/c1-7-2-3-8(11)6-9(7)10(13)4-5-12/h2-3,5-6H,4H2,1H3. The van der Waals surface area contributed by atoms with Crippen LogP contribution in [0.25, 0.3) is 0 Å². The summed E-state index contributed by atoms with van der Waals surface area (Å²) in [6.45, 7) is 1.85. The Bertz CT molecular complexity index is 345. The molecule has 1 aromatic rings. The van der Waals surface area contributed by atoms with Crippen LogP contribution in [-0.2, 0) is 4.79 Å². The number of benzene rings is 1. The normalized spacial score (nSPS) is 9.69. The molecular formula is C10H9BrO2. The lowest BCUT2D eigenvalue weighted by molar-refractivity contribution is -0.107. The van der Waals surface area contributed by atoms with Gasteiger partial charge in [-0.05, 0) is 24.6 Å². The highest BCUT2D eigenvalue weighted by molar-refractivity contribution is 9.10. The zero-order valence-electron chi connectivity index (χ0n) is 7.21. The van der Waals surface area contributed by atoms with Gasteiger partial charge < -0.3 is 4.79 Å². The summed E-state index contributed by atoms with van der Waals surface area (Å²) in [5.74, 6) is -0.131. The van der Waals surface area contributed by atoms with Crippen molar-refractivity contribution in [2.45, 2.75) is 13.3 Å². The Balaban J connectivity index is 3.05. The van der Waals surface area contributed by atoms with Crippen molar-refractivity contribution in [3.8, 4) is 0 Å². The number of ketones is 1. The minimum Gasteiger partial charge on any atom is -0.303 e. The third-order valence-electron chi connectivity index (χ3n) is 1.77. The van der Waals surface area contributed by atoms with Gasteiger partial charge in [-0.2, -0.15) is 0 Å². The molecule has 0 atom stereocenters. The Kier molecular flexibility index (Phi) is 3.37. The summed E-state index contributed by atoms with van der Waals surface area (Å²) in [6, 6.07) is 5.45. The number of hydrogen-bond acceptors (Lipinski definition) is 2. The monoisotopic (exact) mass is 240 g/mol. The van der Waals surface area contributed by atoms with E-state index >= 15 is 0 Å². The van der Waals surface area contributed by atoms with Gasteiger partial charge >= 0.3 is 0 Å². The van der Waals surface area contributed by atoms with Crippen molar-refractivity contribution >= 4 is 28.0 Å². The van der Waals surface area contributed by atoms with Gasteiger partial charge in [0.2, 0.25) is 0 Å². The molecule has 0 N–H and O–H groups in total. The lowest BCUT2D eigenvalue weighted by atomic mass is 10.0. The first-order chi connectivity index (χ1) is 6.15. The van der Waals surface area contributed by atoms with Crippen LogP contribution in [0.15, 0.2) is 22.7 Å². The number of Topliss-reactive ketones (excluding diaryl/α,β-unsaturated/α-hetero) is 1. The van der Waals surface area contributed by atoms with E-state index in [4.69, 9.17) is 0 Å². The fourth-order valence-corrected chi connectivity index (χ4v) is 1.44. The van der Waals surface area contributed by atoms with E-state index in [1.807, 2.05) is 19.1 Å². The molecule has 1 aromatic carbocycles. The van der Waals surface area contributed by atoms with Gasteiger partial charge in [-0.15, -0.1) is 0 Å². The van der Waals surface area contributed by atoms with Gasteiger partial charge in [0, 0.05) is 10.0 Å². The number of rotatable bonds is 3. The third kappa shape index (κ3) is 2.49. The summed E-state index contributed by atoms with van der Waals surface area (Å²) in [6.07, 6.45) is 0.583. The maximum Gasteiger partial charge on any atom is 0.170 e. The average molecular weight is 241 g/mol. The van der Waals surface area contributed by atoms with Gasteiger partial charge in [0.25, 0.3) is 0 Å². The number of aryl methyl sites for hydroxylation is 1. The van der Waals surface area contributed by atoms with E-state index in [0.29, 0.717) is 11.8 Å².